The number of hydrogen-bond acceptors (Lipinski definition) is 7. The van der Waals surface area contributed by atoms with Crippen molar-refractivity contribution in [1.29, 1.82) is 0 Å². The molecule has 1 aromatic heterocycles. The normalized spacial score (nSPS) is 20.4. The van der Waals surface area contributed by atoms with Crippen LogP contribution in [-0.4, -0.2) is 67.5 Å². The van der Waals surface area contributed by atoms with Crippen molar-refractivity contribution in [2.75, 3.05) is 17.3 Å². The summed E-state index contributed by atoms with van der Waals surface area (Å²) in [6, 6.07) is 8.30. The number of benzene rings is 1. The van der Waals surface area contributed by atoms with Crippen LogP contribution in [0.1, 0.15) is 59.3 Å². The second-order valence-electron chi connectivity index (χ2n) is 15.3. The van der Waals surface area contributed by atoms with Gasteiger partial charge in [0.25, 0.3) is 0 Å². The van der Waals surface area contributed by atoms with Gasteiger partial charge in [0.1, 0.15) is 0 Å². The molecule has 0 aliphatic heterocycles. The number of aliphatic hydroxyl groups is 1. The molecule has 4 atom stereocenters. The van der Waals surface area contributed by atoms with Gasteiger partial charge in [0.15, 0.2) is 8.32 Å². The van der Waals surface area contributed by atoms with Crippen LogP contribution in [0, 0.1) is 5.92 Å². The van der Waals surface area contributed by atoms with Crippen LogP contribution in [0.25, 0.3) is 10.1 Å². The maximum absolute atomic E-state index is 11.4. The van der Waals surface area contributed by atoms with Gasteiger partial charge in [-0.15, -0.1) is 23.1 Å². The van der Waals surface area contributed by atoms with Crippen molar-refractivity contribution in [3.63, 3.8) is 0 Å². The third kappa shape index (κ3) is 10.6. The molecule has 11 heteroatoms. The van der Waals surface area contributed by atoms with E-state index in [2.05, 4.69) is 98.1 Å². The largest absolute Gasteiger partial charge is 0.546 e. The maximum Gasteiger partial charge on any atom is 0.313 e. The molecule has 2 unspecified atom stereocenters. The first-order valence-electron chi connectivity index (χ1n) is 16.3. The molecule has 1 aliphatic carbocycles. The summed E-state index contributed by atoms with van der Waals surface area (Å²) >= 11 is 11.9. The first-order valence-corrected chi connectivity index (χ1v) is 25.5. The van der Waals surface area contributed by atoms with Crippen LogP contribution in [0.2, 0.25) is 41.3 Å². The fourth-order valence-electron chi connectivity index (χ4n) is 4.72. The molecule has 46 heavy (non-hydrogen) atoms. The van der Waals surface area contributed by atoms with Gasteiger partial charge < -0.3 is 19.1 Å². The molecule has 0 saturated carbocycles. The number of rotatable bonds is 16. The molecule has 1 aliphatic rings. The minimum Gasteiger partial charge on any atom is -0.546 e. The van der Waals surface area contributed by atoms with Crippen molar-refractivity contribution in [2.45, 2.75) is 115 Å². The summed E-state index contributed by atoms with van der Waals surface area (Å²) < 4.78 is 15.0. The van der Waals surface area contributed by atoms with Crippen molar-refractivity contribution >= 4 is 79.2 Å². The number of aliphatic carboxylic acids is 1. The topological polar surface area (TPSA) is 76.0 Å². The van der Waals surface area contributed by atoms with Crippen LogP contribution in [0.5, 0.6) is 0 Å². The SMILES string of the molecule is CC(C)(C)[Si](C)(C)OC1=C[C@@H](O)C(/C=C/C(CCc2sc3ccccc3c2Cl)O[Si](C)(C)C(C)(C)C)[C@H]1SCCCSCC(=O)O. The molecule has 2 aromatic rings. The number of hydrogen-bond donors (Lipinski definition) is 2. The summed E-state index contributed by atoms with van der Waals surface area (Å²) in [6.07, 6.45) is 8.04. The quantitative estimate of drug-likeness (QED) is 0.101. The molecular formula is C35H55ClO5S3Si2. The molecule has 1 aromatic carbocycles. The van der Waals surface area contributed by atoms with Crippen molar-refractivity contribution in [2.24, 2.45) is 5.92 Å². The number of aryl methyl sites for hydroxylation is 1. The van der Waals surface area contributed by atoms with Gasteiger partial charge in [0.2, 0.25) is 8.32 Å². The van der Waals surface area contributed by atoms with E-state index >= 15 is 0 Å². The monoisotopic (exact) mass is 742 g/mol. The third-order valence-electron chi connectivity index (χ3n) is 9.55. The Hall–Kier alpha value is -0.726. The zero-order chi connectivity index (χ0) is 34.5. The number of thioether (sulfide) groups is 2. The minimum absolute atomic E-state index is 0.0181. The molecule has 0 saturated heterocycles. The van der Waals surface area contributed by atoms with E-state index < -0.39 is 28.7 Å². The molecule has 0 amide bonds. The van der Waals surface area contributed by atoms with Crippen LogP contribution in [0.4, 0.5) is 0 Å². The highest BCUT2D eigenvalue weighted by Gasteiger charge is 2.44. The highest BCUT2D eigenvalue weighted by molar-refractivity contribution is 8.00. The lowest BCUT2D eigenvalue weighted by molar-refractivity contribution is -0.133. The first-order chi connectivity index (χ1) is 21.2. The molecule has 2 N–H and O–H groups in total. The van der Waals surface area contributed by atoms with Gasteiger partial charge >= 0.3 is 5.97 Å². The number of carboxylic acids is 1. The predicted molar refractivity (Wildman–Crippen MR) is 208 cm³/mol. The predicted octanol–water partition coefficient (Wildman–Crippen LogP) is 10.6. The molecule has 1 heterocycles. The van der Waals surface area contributed by atoms with Crippen LogP contribution >= 0.6 is 46.5 Å². The second-order valence-corrected chi connectivity index (χ2v) is 28.6. The summed E-state index contributed by atoms with van der Waals surface area (Å²) in [5.41, 5.74) is 0. The number of carbonyl (C=O) groups is 1. The number of halogens is 1. The Morgan fingerprint density at radius 2 is 1.72 bits per heavy atom. The molecule has 0 bridgehead atoms. The molecule has 5 nitrogen and oxygen atoms in total. The van der Waals surface area contributed by atoms with Crippen LogP contribution < -0.4 is 0 Å². The van der Waals surface area contributed by atoms with Gasteiger partial charge in [-0.25, -0.2) is 0 Å². The van der Waals surface area contributed by atoms with Gasteiger partial charge in [-0.1, -0.05) is 83.5 Å². The van der Waals surface area contributed by atoms with Crippen LogP contribution in [0.15, 0.2) is 48.3 Å². The lowest BCUT2D eigenvalue weighted by atomic mass is 10.0. The first kappa shape index (κ1) is 39.7. The van der Waals surface area contributed by atoms with Gasteiger partial charge in [-0.2, -0.15) is 11.8 Å². The van der Waals surface area contributed by atoms with Crippen LogP contribution in [0.3, 0.4) is 0 Å². The van der Waals surface area contributed by atoms with Gasteiger partial charge in [-0.05, 0) is 79.2 Å². The summed E-state index contributed by atoms with van der Waals surface area (Å²) in [7, 11) is -4.22. The summed E-state index contributed by atoms with van der Waals surface area (Å²) in [5.74, 6) is 1.74. The van der Waals surface area contributed by atoms with Gasteiger partial charge in [-0.3, -0.25) is 4.79 Å². The van der Waals surface area contributed by atoms with Crippen LogP contribution in [-0.2, 0) is 20.1 Å². The van der Waals surface area contributed by atoms with Crippen molar-refractivity contribution in [1.82, 2.24) is 0 Å². The molecular weight excluding hydrogens is 688 g/mol. The Bertz CT molecular complexity index is 1380. The summed E-state index contributed by atoms with van der Waals surface area (Å²) in [6.45, 7) is 22.6. The minimum atomic E-state index is -2.13. The average molecular weight is 744 g/mol. The summed E-state index contributed by atoms with van der Waals surface area (Å²) in [5, 5.41) is 22.4. The summed E-state index contributed by atoms with van der Waals surface area (Å²) in [4.78, 5) is 12.1. The average Bonchev–Trinajstić information content (AvgIpc) is 3.40. The van der Waals surface area contributed by atoms with Gasteiger partial charge in [0, 0.05) is 20.9 Å². The highest BCUT2D eigenvalue weighted by Crippen LogP contribution is 2.45. The highest BCUT2D eigenvalue weighted by atomic mass is 35.5. The lowest BCUT2D eigenvalue weighted by Gasteiger charge is -2.39. The van der Waals surface area contributed by atoms with E-state index in [1.807, 2.05) is 12.1 Å². The smallest absolute Gasteiger partial charge is 0.313 e. The third-order valence-corrected chi connectivity index (χ3v) is 22.6. The standard InChI is InChI=1S/C35H55ClO5S3Si2/c1-34(2,3)45(7,8)40-24(17-19-30-32(36)26-14-11-12-15-29(26)44-30)16-18-25-27(37)22-28(41-46(9,10)35(4,5)6)33(25)43-21-13-20-42-23-31(38)39/h11-12,14-16,18,22,24-25,27,33,37H,13,17,19-21,23H2,1-10H3,(H,38,39)/b18-16+/t24?,25?,27-,33-/m1/s1. The van der Waals surface area contributed by atoms with Crippen molar-refractivity contribution < 1.29 is 23.9 Å². The van der Waals surface area contributed by atoms with E-state index in [0.29, 0.717) is 0 Å². The van der Waals surface area contributed by atoms with Crippen molar-refractivity contribution in [3.05, 3.63) is 58.2 Å². The Morgan fingerprint density at radius 3 is 2.33 bits per heavy atom. The number of aliphatic hydroxyl groups excluding tert-OH is 1. The molecule has 0 spiro atoms. The number of fused-ring (bicyclic) bond motifs is 1. The Kier molecular flexibility index (Phi) is 14.1. The fourth-order valence-corrected chi connectivity index (χ4v) is 10.9. The molecule has 0 radical (unpaired) electrons. The van der Waals surface area contributed by atoms with Gasteiger partial charge in [0.05, 0.1) is 34.0 Å². The zero-order valence-electron chi connectivity index (χ0n) is 29.3. The lowest BCUT2D eigenvalue weighted by Crippen LogP contribution is -2.43. The number of carboxylic acid groups (broad SMARTS) is 1. The van der Waals surface area contributed by atoms with Crippen molar-refractivity contribution in [3.8, 4) is 0 Å². The van der Waals surface area contributed by atoms with E-state index in [4.69, 9.17) is 25.6 Å². The van der Waals surface area contributed by atoms with E-state index in [9.17, 15) is 9.90 Å². The van der Waals surface area contributed by atoms with E-state index in [0.717, 1.165) is 46.9 Å². The second kappa shape index (κ2) is 16.3. The van der Waals surface area contributed by atoms with E-state index in [1.54, 1.807) is 23.1 Å². The Morgan fingerprint density at radius 1 is 1.07 bits per heavy atom. The molecule has 258 valence electrons. The number of thiophene rings is 1. The zero-order valence-corrected chi connectivity index (χ0v) is 34.5. The fraction of sp³-hybridized carbons (Fsp3) is 0.629. The Labute approximate surface area is 297 Å². The van der Waals surface area contributed by atoms with E-state index in [1.165, 1.54) is 21.3 Å². The van der Waals surface area contributed by atoms with E-state index in [-0.39, 0.29) is 33.1 Å². The molecule has 0 fully saturated rings. The molecule has 3 rings (SSSR count). The Balaban J connectivity index is 1.85. The maximum atomic E-state index is 11.4.